The number of carbonyl (C=O) groups excluding carboxylic acids is 1. The number of nitrogens with zero attached hydrogens (tertiary/aromatic N) is 1. The highest BCUT2D eigenvalue weighted by atomic mass is 16.5. The maximum absolute atomic E-state index is 13.2. The molecule has 0 aromatic heterocycles. The van der Waals surface area contributed by atoms with Gasteiger partial charge in [-0.05, 0) is 55.2 Å². The Morgan fingerprint density at radius 2 is 1.69 bits per heavy atom. The number of carbonyl (C=O) groups is 1. The van der Waals surface area contributed by atoms with Crippen LogP contribution in [0, 0.1) is 0 Å². The van der Waals surface area contributed by atoms with Gasteiger partial charge >= 0.3 is 0 Å². The Kier molecular flexibility index (Phi) is 5.54. The molecule has 0 fully saturated rings. The molecule has 0 unspecified atom stereocenters. The molecule has 134 valence electrons. The van der Waals surface area contributed by atoms with Crippen LogP contribution in [0.15, 0.2) is 60.7 Å². The zero-order chi connectivity index (χ0) is 18.5. The maximum Gasteiger partial charge on any atom is 0.197 e. The monoisotopic (exact) mass is 349 g/mol. The van der Waals surface area contributed by atoms with E-state index in [-0.39, 0.29) is 5.78 Å². The Morgan fingerprint density at radius 1 is 0.962 bits per heavy atom. The van der Waals surface area contributed by atoms with Gasteiger partial charge < -0.3 is 14.4 Å². The highest BCUT2D eigenvalue weighted by Gasteiger charge is 2.18. The normalized spacial score (nSPS) is 10.9. The highest BCUT2D eigenvalue weighted by Crippen LogP contribution is 2.30. The molecule has 0 heterocycles. The Morgan fingerprint density at radius 3 is 2.38 bits per heavy atom. The zero-order valence-electron chi connectivity index (χ0n) is 15.4. The van der Waals surface area contributed by atoms with E-state index in [1.165, 1.54) is 0 Å². The van der Waals surface area contributed by atoms with Crippen molar-refractivity contribution in [3.05, 3.63) is 71.8 Å². The molecule has 0 bridgehead atoms. The minimum absolute atomic E-state index is 0.0516. The SMILES string of the molecule is COc1ccc(C(=O)c2c(OCCN(C)C)ccc3ccccc23)cc1. The third-order valence-electron chi connectivity index (χ3n) is 4.27. The Balaban J connectivity index is 2.03. The molecule has 0 spiro atoms. The molecule has 4 heteroatoms. The van der Waals surface area contributed by atoms with Crippen LogP contribution in [-0.4, -0.2) is 45.0 Å². The van der Waals surface area contributed by atoms with E-state index in [2.05, 4.69) is 0 Å². The zero-order valence-corrected chi connectivity index (χ0v) is 15.4. The average molecular weight is 349 g/mol. The quantitative estimate of drug-likeness (QED) is 0.604. The van der Waals surface area contributed by atoms with Gasteiger partial charge in [0.25, 0.3) is 0 Å². The summed E-state index contributed by atoms with van der Waals surface area (Å²) in [5.41, 5.74) is 1.21. The second kappa shape index (κ2) is 8.02. The Labute approximate surface area is 154 Å². The maximum atomic E-state index is 13.2. The molecule has 3 aromatic rings. The van der Waals surface area contributed by atoms with E-state index in [1.807, 2.05) is 55.4 Å². The summed E-state index contributed by atoms with van der Waals surface area (Å²) in [6, 6.07) is 18.9. The van der Waals surface area contributed by atoms with Gasteiger partial charge in [-0.15, -0.1) is 0 Å². The summed E-state index contributed by atoms with van der Waals surface area (Å²) in [7, 11) is 5.60. The summed E-state index contributed by atoms with van der Waals surface area (Å²) in [6.45, 7) is 1.30. The molecule has 4 nitrogen and oxygen atoms in total. The number of hydrogen-bond donors (Lipinski definition) is 0. The van der Waals surface area contributed by atoms with Crippen LogP contribution < -0.4 is 9.47 Å². The smallest absolute Gasteiger partial charge is 0.197 e. The number of benzene rings is 3. The molecular formula is C22H23NO3. The topological polar surface area (TPSA) is 38.8 Å². The number of rotatable bonds is 7. The molecule has 0 atom stereocenters. The van der Waals surface area contributed by atoms with Crippen LogP contribution in [0.5, 0.6) is 11.5 Å². The van der Waals surface area contributed by atoms with Crippen molar-refractivity contribution in [2.45, 2.75) is 0 Å². The molecule has 0 saturated heterocycles. The number of likely N-dealkylation sites (N-methyl/N-ethyl adjacent to an activating group) is 1. The first kappa shape index (κ1) is 18.0. The second-order valence-electron chi connectivity index (χ2n) is 6.37. The standard InChI is InChI=1S/C22H23NO3/c1-23(2)14-15-26-20-13-10-16-6-4-5-7-19(16)21(20)22(24)17-8-11-18(25-3)12-9-17/h4-13H,14-15H2,1-3H3. The van der Waals surface area contributed by atoms with Gasteiger partial charge in [-0.2, -0.15) is 0 Å². The molecule has 3 aromatic carbocycles. The van der Waals surface area contributed by atoms with Gasteiger partial charge in [0.1, 0.15) is 18.1 Å². The highest BCUT2D eigenvalue weighted by molar-refractivity contribution is 6.18. The molecule has 0 aliphatic heterocycles. The Bertz CT molecular complexity index is 901. The van der Waals surface area contributed by atoms with Crippen LogP contribution in [0.2, 0.25) is 0 Å². The first-order chi connectivity index (χ1) is 12.6. The number of ether oxygens (including phenoxy) is 2. The van der Waals surface area contributed by atoms with Crippen LogP contribution >= 0.6 is 0 Å². The summed E-state index contributed by atoms with van der Waals surface area (Å²) in [6.07, 6.45) is 0. The van der Waals surface area contributed by atoms with Crippen molar-refractivity contribution in [3.63, 3.8) is 0 Å². The average Bonchev–Trinajstić information content (AvgIpc) is 2.67. The lowest BCUT2D eigenvalue weighted by Gasteiger charge is -2.15. The second-order valence-corrected chi connectivity index (χ2v) is 6.37. The first-order valence-corrected chi connectivity index (χ1v) is 8.58. The molecule has 26 heavy (non-hydrogen) atoms. The van der Waals surface area contributed by atoms with Crippen molar-refractivity contribution in [1.29, 1.82) is 0 Å². The predicted octanol–water partition coefficient (Wildman–Crippen LogP) is 4.02. The third kappa shape index (κ3) is 3.86. The molecule has 0 aliphatic rings. The van der Waals surface area contributed by atoms with E-state index in [0.717, 1.165) is 23.1 Å². The predicted molar refractivity (Wildman–Crippen MR) is 104 cm³/mol. The van der Waals surface area contributed by atoms with E-state index in [4.69, 9.17) is 9.47 Å². The molecule has 0 N–H and O–H groups in total. The van der Waals surface area contributed by atoms with Crippen molar-refractivity contribution < 1.29 is 14.3 Å². The number of hydrogen-bond acceptors (Lipinski definition) is 4. The van der Waals surface area contributed by atoms with Crippen molar-refractivity contribution in [1.82, 2.24) is 4.90 Å². The summed E-state index contributed by atoms with van der Waals surface area (Å²) >= 11 is 0. The first-order valence-electron chi connectivity index (χ1n) is 8.58. The molecule has 0 saturated carbocycles. The van der Waals surface area contributed by atoms with E-state index in [9.17, 15) is 4.79 Å². The van der Waals surface area contributed by atoms with E-state index >= 15 is 0 Å². The Hall–Kier alpha value is -2.85. The van der Waals surface area contributed by atoms with Crippen LogP contribution in [0.3, 0.4) is 0 Å². The molecule has 0 radical (unpaired) electrons. The fourth-order valence-electron chi connectivity index (χ4n) is 2.83. The lowest BCUT2D eigenvalue weighted by Crippen LogP contribution is -2.20. The van der Waals surface area contributed by atoms with Gasteiger partial charge in [0.2, 0.25) is 0 Å². The van der Waals surface area contributed by atoms with Crippen molar-refractivity contribution in [3.8, 4) is 11.5 Å². The van der Waals surface area contributed by atoms with Crippen LogP contribution in [0.4, 0.5) is 0 Å². The van der Waals surface area contributed by atoms with Crippen LogP contribution in [-0.2, 0) is 0 Å². The van der Waals surface area contributed by atoms with E-state index < -0.39 is 0 Å². The molecule has 3 rings (SSSR count). The largest absolute Gasteiger partial charge is 0.497 e. The minimum Gasteiger partial charge on any atom is -0.497 e. The molecule has 0 amide bonds. The summed E-state index contributed by atoms with van der Waals surface area (Å²) in [5.74, 6) is 1.29. The van der Waals surface area contributed by atoms with Gasteiger partial charge in [-0.3, -0.25) is 4.79 Å². The summed E-state index contributed by atoms with van der Waals surface area (Å²) < 4.78 is 11.1. The fraction of sp³-hybridized carbons (Fsp3) is 0.227. The molecular weight excluding hydrogens is 326 g/mol. The van der Waals surface area contributed by atoms with Crippen molar-refractivity contribution in [2.24, 2.45) is 0 Å². The van der Waals surface area contributed by atoms with E-state index in [1.54, 1.807) is 31.4 Å². The van der Waals surface area contributed by atoms with Crippen molar-refractivity contribution in [2.75, 3.05) is 34.4 Å². The van der Waals surface area contributed by atoms with Gasteiger partial charge in [0, 0.05) is 12.1 Å². The number of ketones is 1. The lowest BCUT2D eigenvalue weighted by molar-refractivity contribution is 0.103. The van der Waals surface area contributed by atoms with Gasteiger partial charge in [-0.25, -0.2) is 0 Å². The van der Waals surface area contributed by atoms with Crippen molar-refractivity contribution >= 4 is 16.6 Å². The van der Waals surface area contributed by atoms with Crippen LogP contribution in [0.1, 0.15) is 15.9 Å². The summed E-state index contributed by atoms with van der Waals surface area (Å²) in [5, 5.41) is 1.92. The van der Waals surface area contributed by atoms with Gasteiger partial charge in [0.15, 0.2) is 5.78 Å². The molecule has 0 aliphatic carbocycles. The van der Waals surface area contributed by atoms with Crippen LogP contribution in [0.25, 0.3) is 10.8 Å². The lowest BCUT2D eigenvalue weighted by atomic mass is 9.96. The third-order valence-corrected chi connectivity index (χ3v) is 4.27. The van der Waals surface area contributed by atoms with E-state index in [0.29, 0.717) is 23.5 Å². The minimum atomic E-state index is -0.0516. The van der Waals surface area contributed by atoms with Gasteiger partial charge in [-0.1, -0.05) is 30.3 Å². The van der Waals surface area contributed by atoms with Gasteiger partial charge in [0.05, 0.1) is 12.7 Å². The number of fused-ring (bicyclic) bond motifs is 1. The number of methoxy groups -OCH3 is 1. The summed E-state index contributed by atoms with van der Waals surface area (Å²) in [4.78, 5) is 15.3. The fourth-order valence-corrected chi connectivity index (χ4v) is 2.83.